The molecule has 0 bridgehead atoms. The lowest BCUT2D eigenvalue weighted by Crippen LogP contribution is -2.30. The molecule has 504 valence electrons. The second-order valence-electron chi connectivity index (χ2n) is 24.6. The van der Waals surface area contributed by atoms with Crippen molar-refractivity contribution in [3.8, 4) is 0 Å². The van der Waals surface area contributed by atoms with Gasteiger partial charge in [0.2, 0.25) is 0 Å². The van der Waals surface area contributed by atoms with Crippen molar-refractivity contribution in [1.29, 1.82) is 0 Å². The van der Waals surface area contributed by atoms with Gasteiger partial charge in [0.1, 0.15) is 19.3 Å². The average Bonchev–Trinajstić information content (AvgIpc) is 3.50. The third-order valence-electron chi connectivity index (χ3n) is 15.6. The SMILES string of the molecule is CCCCCCCCCCCCCCCCC(=O)O[C@H](COC(=O)CCCCCCCCCCCCC(C)C)COP(=O)(O)OC[C@@H](O)COP(=O)(O)OC[C@@H](COC(=O)CCCCCCCCCC)OC(=O)CCCCCCCCC(C)CC. The molecule has 0 amide bonds. The Morgan fingerprint density at radius 3 is 0.894 bits per heavy atom. The van der Waals surface area contributed by atoms with Crippen LogP contribution in [0.5, 0.6) is 0 Å². The van der Waals surface area contributed by atoms with E-state index in [1.54, 1.807) is 0 Å². The molecule has 0 rings (SSSR count). The number of rotatable bonds is 65. The van der Waals surface area contributed by atoms with Gasteiger partial charge in [0.15, 0.2) is 12.2 Å². The number of hydrogen-bond acceptors (Lipinski definition) is 15. The molecular formula is C66H128O17P2. The first-order valence-corrected chi connectivity index (χ1v) is 37.5. The summed E-state index contributed by atoms with van der Waals surface area (Å²) in [6.45, 7) is 9.44. The summed E-state index contributed by atoms with van der Waals surface area (Å²) in [5.41, 5.74) is 0. The zero-order valence-electron chi connectivity index (χ0n) is 54.9. The molecule has 0 aromatic heterocycles. The molecule has 6 atom stereocenters. The highest BCUT2D eigenvalue weighted by Crippen LogP contribution is 2.45. The van der Waals surface area contributed by atoms with Crippen LogP contribution in [0, 0.1) is 11.8 Å². The van der Waals surface area contributed by atoms with Crippen LogP contribution in [-0.4, -0.2) is 96.7 Å². The smallest absolute Gasteiger partial charge is 0.462 e. The molecule has 3 N–H and O–H groups in total. The summed E-state index contributed by atoms with van der Waals surface area (Å²) >= 11 is 0. The summed E-state index contributed by atoms with van der Waals surface area (Å²) in [5.74, 6) is -0.655. The number of carbonyl (C=O) groups is 4. The summed E-state index contributed by atoms with van der Waals surface area (Å²) < 4.78 is 68.0. The zero-order valence-corrected chi connectivity index (χ0v) is 56.7. The van der Waals surface area contributed by atoms with E-state index in [9.17, 15) is 43.2 Å². The van der Waals surface area contributed by atoms with Crippen LogP contribution in [0.15, 0.2) is 0 Å². The third-order valence-corrected chi connectivity index (χ3v) is 17.5. The van der Waals surface area contributed by atoms with Gasteiger partial charge in [-0.1, -0.05) is 279 Å². The van der Waals surface area contributed by atoms with Gasteiger partial charge in [-0.2, -0.15) is 0 Å². The Balaban J connectivity index is 5.23. The van der Waals surface area contributed by atoms with Crippen LogP contribution >= 0.6 is 15.6 Å². The normalized spacial score (nSPS) is 14.6. The van der Waals surface area contributed by atoms with Crippen molar-refractivity contribution < 1.29 is 80.2 Å². The highest BCUT2D eigenvalue weighted by atomic mass is 31.2. The lowest BCUT2D eigenvalue weighted by atomic mass is 10.00. The maximum Gasteiger partial charge on any atom is 0.472 e. The minimum Gasteiger partial charge on any atom is -0.462 e. The summed E-state index contributed by atoms with van der Waals surface area (Å²) in [5, 5.41) is 10.5. The number of ether oxygens (including phenoxy) is 4. The minimum absolute atomic E-state index is 0.103. The quantitative estimate of drug-likeness (QED) is 0.0222. The Labute approximate surface area is 517 Å². The lowest BCUT2D eigenvalue weighted by Gasteiger charge is -2.21. The van der Waals surface area contributed by atoms with Crippen LogP contribution in [0.4, 0.5) is 0 Å². The Morgan fingerprint density at radius 2 is 0.600 bits per heavy atom. The number of carbonyl (C=O) groups excluding carboxylic acids is 4. The number of aliphatic hydroxyl groups excluding tert-OH is 1. The van der Waals surface area contributed by atoms with Gasteiger partial charge in [0.05, 0.1) is 26.4 Å². The van der Waals surface area contributed by atoms with Crippen LogP contribution in [0.25, 0.3) is 0 Å². The predicted octanol–water partition coefficient (Wildman–Crippen LogP) is 18.4. The molecule has 3 unspecified atom stereocenters. The van der Waals surface area contributed by atoms with E-state index < -0.39 is 97.5 Å². The molecule has 0 radical (unpaired) electrons. The van der Waals surface area contributed by atoms with Gasteiger partial charge in [-0.25, -0.2) is 9.13 Å². The van der Waals surface area contributed by atoms with Gasteiger partial charge in [0, 0.05) is 25.7 Å². The molecule has 0 saturated carbocycles. The Morgan fingerprint density at radius 1 is 0.341 bits per heavy atom. The van der Waals surface area contributed by atoms with Crippen molar-refractivity contribution in [2.45, 2.75) is 349 Å². The van der Waals surface area contributed by atoms with Crippen LogP contribution in [0.2, 0.25) is 0 Å². The summed E-state index contributed by atoms with van der Waals surface area (Å²) in [7, 11) is -9.89. The van der Waals surface area contributed by atoms with Gasteiger partial charge in [-0.15, -0.1) is 0 Å². The topological polar surface area (TPSA) is 237 Å². The molecule has 0 aliphatic carbocycles. The first kappa shape index (κ1) is 83.1. The Hall–Kier alpha value is -1.94. The maximum absolute atomic E-state index is 13.0. The molecule has 0 aliphatic heterocycles. The summed E-state index contributed by atoms with van der Waals surface area (Å²) in [4.78, 5) is 72.3. The number of aliphatic hydroxyl groups is 1. The molecule has 0 heterocycles. The summed E-state index contributed by atoms with van der Waals surface area (Å²) in [6, 6.07) is 0. The fraction of sp³-hybridized carbons (Fsp3) is 0.939. The van der Waals surface area contributed by atoms with Crippen molar-refractivity contribution in [1.82, 2.24) is 0 Å². The largest absolute Gasteiger partial charge is 0.472 e. The first-order chi connectivity index (χ1) is 40.9. The van der Waals surface area contributed by atoms with Crippen molar-refractivity contribution >= 4 is 39.5 Å². The van der Waals surface area contributed by atoms with Gasteiger partial charge in [-0.05, 0) is 37.5 Å². The summed E-state index contributed by atoms with van der Waals surface area (Å²) in [6.07, 6.45) is 41.7. The second-order valence-corrected chi connectivity index (χ2v) is 27.5. The number of unbranched alkanes of at least 4 members (excludes halogenated alkanes) is 34. The van der Waals surface area contributed by atoms with E-state index >= 15 is 0 Å². The maximum atomic E-state index is 13.0. The highest BCUT2D eigenvalue weighted by molar-refractivity contribution is 7.47. The fourth-order valence-corrected chi connectivity index (χ4v) is 11.4. The molecule has 85 heavy (non-hydrogen) atoms. The molecule has 0 aromatic rings. The van der Waals surface area contributed by atoms with Gasteiger partial charge < -0.3 is 33.8 Å². The number of phosphoric ester groups is 2. The predicted molar refractivity (Wildman–Crippen MR) is 340 cm³/mol. The van der Waals surface area contributed by atoms with Gasteiger partial charge >= 0.3 is 39.5 Å². The van der Waals surface area contributed by atoms with E-state index in [2.05, 4.69) is 41.5 Å². The van der Waals surface area contributed by atoms with Crippen molar-refractivity contribution in [3.05, 3.63) is 0 Å². The highest BCUT2D eigenvalue weighted by Gasteiger charge is 2.30. The van der Waals surface area contributed by atoms with E-state index in [-0.39, 0.29) is 25.7 Å². The number of esters is 4. The molecule has 0 saturated heterocycles. The Kier molecular flexibility index (Phi) is 57.1. The standard InChI is InChI=1S/C66H128O17P2/c1-7-10-12-14-16-18-19-20-21-22-27-31-38-44-50-65(70)82-61(54-77-64(69)49-43-37-30-26-24-23-25-28-34-40-46-58(4)5)56-80-84(72,73)78-52-60(67)53-79-85(74,75)81-57-62(55-76-63(68)48-42-36-29-17-15-13-11-8-2)83-66(71)51-45-39-33-32-35-41-47-59(6)9-3/h58-62,67H,7-57H2,1-6H3,(H,72,73)(H,74,75)/t59?,60-,61-,62-/m1/s1. The minimum atomic E-state index is -4.95. The third kappa shape index (κ3) is 59.5. The van der Waals surface area contributed by atoms with Gasteiger partial charge in [-0.3, -0.25) is 37.3 Å². The van der Waals surface area contributed by atoms with E-state index in [1.165, 1.54) is 141 Å². The van der Waals surface area contributed by atoms with Crippen LogP contribution in [-0.2, 0) is 65.4 Å². The monoisotopic (exact) mass is 1250 g/mol. The first-order valence-electron chi connectivity index (χ1n) is 34.5. The second kappa shape index (κ2) is 58.4. The molecule has 17 nitrogen and oxygen atoms in total. The average molecular weight is 1260 g/mol. The fourth-order valence-electron chi connectivity index (χ4n) is 9.85. The molecule has 0 spiro atoms. The number of phosphoric acid groups is 2. The molecule has 0 fully saturated rings. The lowest BCUT2D eigenvalue weighted by molar-refractivity contribution is -0.161. The Bertz CT molecular complexity index is 1670. The molecule has 0 aliphatic rings. The van der Waals surface area contributed by atoms with E-state index in [0.29, 0.717) is 25.7 Å². The molecule has 0 aromatic carbocycles. The molecular weight excluding hydrogens is 1130 g/mol. The van der Waals surface area contributed by atoms with E-state index in [4.69, 9.17) is 37.0 Å². The van der Waals surface area contributed by atoms with Crippen molar-refractivity contribution in [3.63, 3.8) is 0 Å². The number of hydrogen-bond donors (Lipinski definition) is 3. The van der Waals surface area contributed by atoms with E-state index in [1.807, 2.05) is 0 Å². The van der Waals surface area contributed by atoms with Crippen LogP contribution in [0.1, 0.15) is 330 Å². The zero-order chi connectivity index (χ0) is 62.9. The van der Waals surface area contributed by atoms with Crippen molar-refractivity contribution in [2.24, 2.45) is 11.8 Å². The van der Waals surface area contributed by atoms with Crippen molar-refractivity contribution in [2.75, 3.05) is 39.6 Å². The van der Waals surface area contributed by atoms with E-state index in [0.717, 1.165) is 108 Å². The molecule has 19 heteroatoms. The van der Waals surface area contributed by atoms with Crippen LogP contribution < -0.4 is 0 Å². The van der Waals surface area contributed by atoms with Crippen LogP contribution in [0.3, 0.4) is 0 Å². The van der Waals surface area contributed by atoms with Gasteiger partial charge in [0.25, 0.3) is 0 Å².